The van der Waals surface area contributed by atoms with Crippen molar-refractivity contribution in [2.75, 3.05) is 0 Å². The highest BCUT2D eigenvalue weighted by Crippen LogP contribution is 2.32. The van der Waals surface area contributed by atoms with Crippen molar-refractivity contribution in [3.8, 4) is 0 Å². The number of hydrogen-bond acceptors (Lipinski definition) is 4. The second-order valence-electron chi connectivity index (χ2n) is 5.12. The van der Waals surface area contributed by atoms with Crippen LogP contribution in [-0.4, -0.2) is 35.2 Å². The molecule has 0 bridgehead atoms. The van der Waals surface area contributed by atoms with Gasteiger partial charge in [-0.1, -0.05) is 59.4 Å². The number of ketones is 1. The van der Waals surface area contributed by atoms with Gasteiger partial charge in [0.2, 0.25) is 13.8 Å². The van der Waals surface area contributed by atoms with Gasteiger partial charge in [-0.3, -0.25) is 4.79 Å². The van der Waals surface area contributed by atoms with Gasteiger partial charge in [0, 0.05) is 6.42 Å². The fraction of sp³-hybridized carbons (Fsp3) is 0.500. The van der Waals surface area contributed by atoms with Crippen LogP contribution in [0.1, 0.15) is 25.3 Å². The Hall–Kier alpha value is -0.370. The Balaban J connectivity index is 2.86. The smallest absolute Gasteiger partial charge is 0.241 e. The molecule has 9 heteroatoms. The minimum absolute atomic E-state index is 0.0521. The van der Waals surface area contributed by atoms with Gasteiger partial charge < -0.3 is 5.11 Å². The molecule has 0 saturated heterocycles. The third-order valence-corrected chi connectivity index (χ3v) is 5.44. The number of carbonyl (C=O) groups is 1. The molecule has 0 aliphatic heterocycles. The summed E-state index contributed by atoms with van der Waals surface area (Å²) in [5.74, 6) is -0.554. The van der Waals surface area contributed by atoms with E-state index >= 15 is 0 Å². The maximum atomic E-state index is 12.3. The summed E-state index contributed by atoms with van der Waals surface area (Å²) in [7, 11) is -3.86. The number of aryl methyl sites for hydroxylation is 1. The van der Waals surface area contributed by atoms with Crippen molar-refractivity contribution >= 4 is 50.6 Å². The van der Waals surface area contributed by atoms with Gasteiger partial charge in [-0.2, -0.15) is 0 Å². The second kappa shape index (κ2) is 8.14. The number of sulfonamides is 1. The lowest BCUT2D eigenvalue weighted by atomic mass is 10.1. The maximum Gasteiger partial charge on any atom is 0.241 e. The van der Waals surface area contributed by atoms with E-state index in [2.05, 4.69) is 4.72 Å². The lowest BCUT2D eigenvalue weighted by Gasteiger charge is -2.21. The Morgan fingerprint density at radius 1 is 1.26 bits per heavy atom. The summed E-state index contributed by atoms with van der Waals surface area (Å²) in [5, 5.41) is 9.65. The summed E-state index contributed by atoms with van der Waals surface area (Å²) < 4.78 is 24.9. The number of carbonyl (C=O) groups excluding carboxylic acids is 1. The molecule has 5 nitrogen and oxygen atoms in total. The summed E-state index contributed by atoms with van der Waals surface area (Å²) in [6.07, 6.45) is -1.78. The molecule has 1 aromatic carbocycles. The second-order valence-corrected chi connectivity index (χ2v) is 9.21. The fourth-order valence-corrected chi connectivity index (χ4v) is 3.33. The Morgan fingerprint density at radius 2 is 1.78 bits per heavy atom. The average Bonchev–Trinajstić information content (AvgIpc) is 2.44. The molecule has 1 unspecified atom stereocenters. The van der Waals surface area contributed by atoms with E-state index in [0.29, 0.717) is 0 Å². The number of hydrogen-bond donors (Lipinski definition) is 2. The predicted octanol–water partition coefficient (Wildman–Crippen LogP) is 2.74. The molecule has 0 aromatic heterocycles. The fourth-order valence-electron chi connectivity index (χ4n) is 1.80. The first-order chi connectivity index (χ1) is 10.5. The first-order valence-corrected chi connectivity index (χ1v) is 9.45. The van der Waals surface area contributed by atoms with E-state index in [9.17, 15) is 18.3 Å². The van der Waals surface area contributed by atoms with Crippen LogP contribution in [0.4, 0.5) is 0 Å². The van der Waals surface area contributed by atoms with Crippen LogP contribution >= 0.6 is 34.8 Å². The van der Waals surface area contributed by atoms with Crippen molar-refractivity contribution in [3.63, 3.8) is 0 Å². The number of benzene rings is 1. The zero-order chi connectivity index (χ0) is 17.8. The number of alkyl halides is 3. The van der Waals surface area contributed by atoms with Gasteiger partial charge in [0.05, 0.1) is 10.9 Å². The molecule has 0 radical (unpaired) electrons. The Kier molecular flexibility index (Phi) is 7.32. The number of Topliss-reactive ketones (excluding diaryl/α,β-unsaturated/α-hetero) is 1. The lowest BCUT2D eigenvalue weighted by Crippen LogP contribution is -2.42. The monoisotopic (exact) mass is 401 g/mol. The highest BCUT2D eigenvalue weighted by atomic mass is 35.6. The van der Waals surface area contributed by atoms with Crippen molar-refractivity contribution in [2.45, 2.75) is 47.5 Å². The van der Waals surface area contributed by atoms with E-state index < -0.39 is 38.2 Å². The number of aliphatic hydroxyl groups is 1. The van der Waals surface area contributed by atoms with Gasteiger partial charge in [0.1, 0.15) is 6.10 Å². The Bertz CT molecular complexity index is 641. The van der Waals surface area contributed by atoms with Gasteiger partial charge in [-0.05, 0) is 25.5 Å². The third kappa shape index (κ3) is 6.21. The molecule has 0 fully saturated rings. The SMILES string of the molecule is CC[C@H](NS(=O)(=O)c1ccc(C)cc1)C(=O)CC(O)C(Cl)(Cl)Cl. The van der Waals surface area contributed by atoms with Crippen LogP contribution < -0.4 is 4.72 Å². The quantitative estimate of drug-likeness (QED) is 0.687. The molecule has 0 spiro atoms. The van der Waals surface area contributed by atoms with Crippen molar-refractivity contribution in [1.29, 1.82) is 0 Å². The zero-order valence-electron chi connectivity index (χ0n) is 12.6. The van der Waals surface area contributed by atoms with Crippen molar-refractivity contribution in [3.05, 3.63) is 29.8 Å². The predicted molar refractivity (Wildman–Crippen MR) is 91.5 cm³/mol. The minimum Gasteiger partial charge on any atom is -0.388 e. The first-order valence-electron chi connectivity index (χ1n) is 6.84. The normalized spacial score (nSPS) is 15.2. The molecule has 1 rings (SSSR count). The summed E-state index contributed by atoms with van der Waals surface area (Å²) in [5.41, 5.74) is 0.915. The van der Waals surface area contributed by atoms with Gasteiger partial charge in [0.15, 0.2) is 5.78 Å². The standard InChI is InChI=1S/C14H18Cl3NO4S/c1-3-11(12(19)8-13(20)14(15,16)17)18-23(21,22)10-6-4-9(2)5-7-10/h4-7,11,13,18,20H,3,8H2,1-2H3/t11-,13?/m0/s1. The molecule has 0 saturated carbocycles. The summed E-state index contributed by atoms with van der Waals surface area (Å²) in [4.78, 5) is 12.2. The van der Waals surface area contributed by atoms with Gasteiger partial charge in [-0.25, -0.2) is 13.1 Å². The topological polar surface area (TPSA) is 83.5 Å². The number of nitrogens with one attached hydrogen (secondary N) is 1. The molecule has 2 atom stereocenters. The third-order valence-electron chi connectivity index (χ3n) is 3.20. The van der Waals surface area contributed by atoms with Crippen molar-refractivity contribution in [2.24, 2.45) is 0 Å². The maximum absolute atomic E-state index is 12.3. The molecule has 23 heavy (non-hydrogen) atoms. The number of halogens is 3. The van der Waals surface area contributed by atoms with E-state index in [4.69, 9.17) is 34.8 Å². The Labute approximate surface area is 151 Å². The Morgan fingerprint density at radius 3 is 2.22 bits per heavy atom. The van der Waals surface area contributed by atoms with E-state index in [1.807, 2.05) is 6.92 Å². The highest BCUT2D eigenvalue weighted by molar-refractivity contribution is 7.89. The molecule has 0 aliphatic carbocycles. The van der Waals surface area contributed by atoms with E-state index in [1.54, 1.807) is 19.1 Å². The molecule has 2 N–H and O–H groups in total. The van der Waals surface area contributed by atoms with Gasteiger partial charge in [-0.15, -0.1) is 0 Å². The molecule has 0 heterocycles. The van der Waals surface area contributed by atoms with Crippen LogP contribution in [-0.2, 0) is 14.8 Å². The summed E-state index contributed by atoms with van der Waals surface area (Å²) in [6, 6.07) is 5.20. The van der Waals surface area contributed by atoms with Crippen molar-refractivity contribution in [1.82, 2.24) is 4.72 Å². The number of rotatable bonds is 7. The number of aliphatic hydroxyl groups excluding tert-OH is 1. The van der Waals surface area contributed by atoms with Crippen LogP contribution in [0.2, 0.25) is 0 Å². The largest absolute Gasteiger partial charge is 0.388 e. The van der Waals surface area contributed by atoms with E-state index in [-0.39, 0.29) is 11.3 Å². The molecule has 0 aliphatic rings. The zero-order valence-corrected chi connectivity index (χ0v) is 15.7. The summed E-state index contributed by atoms with van der Waals surface area (Å²) in [6.45, 7) is 3.47. The molecule has 130 valence electrons. The van der Waals surface area contributed by atoms with Crippen LogP contribution in [0.3, 0.4) is 0 Å². The van der Waals surface area contributed by atoms with Crippen LogP contribution in [0.15, 0.2) is 29.2 Å². The van der Waals surface area contributed by atoms with Crippen LogP contribution in [0, 0.1) is 6.92 Å². The first kappa shape index (κ1) is 20.7. The van der Waals surface area contributed by atoms with Gasteiger partial charge in [0.25, 0.3) is 0 Å². The van der Waals surface area contributed by atoms with Gasteiger partial charge >= 0.3 is 0 Å². The minimum atomic E-state index is -3.86. The lowest BCUT2D eigenvalue weighted by molar-refractivity contribution is -0.122. The van der Waals surface area contributed by atoms with Crippen molar-refractivity contribution < 1.29 is 18.3 Å². The highest BCUT2D eigenvalue weighted by Gasteiger charge is 2.35. The summed E-state index contributed by atoms with van der Waals surface area (Å²) >= 11 is 16.5. The molecule has 0 amide bonds. The molecular formula is C14H18Cl3NO4S. The van der Waals surface area contributed by atoms with Crippen LogP contribution in [0.25, 0.3) is 0 Å². The average molecular weight is 403 g/mol. The molecular weight excluding hydrogens is 385 g/mol. The van der Waals surface area contributed by atoms with Crippen LogP contribution in [0.5, 0.6) is 0 Å². The van der Waals surface area contributed by atoms with E-state index in [1.165, 1.54) is 12.1 Å². The molecule has 1 aromatic rings. The van der Waals surface area contributed by atoms with E-state index in [0.717, 1.165) is 5.56 Å².